The predicted octanol–water partition coefficient (Wildman–Crippen LogP) is 2.79. The summed E-state index contributed by atoms with van der Waals surface area (Å²) in [5.41, 5.74) is 2.65. The summed E-state index contributed by atoms with van der Waals surface area (Å²) in [6.07, 6.45) is 0.957. The normalized spacial score (nSPS) is 13.2. The van der Waals surface area contributed by atoms with Crippen LogP contribution in [0.1, 0.15) is 31.0 Å². The third-order valence-electron chi connectivity index (χ3n) is 4.07. The fourth-order valence-corrected chi connectivity index (χ4v) is 2.55. The van der Waals surface area contributed by atoms with Crippen molar-refractivity contribution in [2.24, 2.45) is 0 Å². The maximum Gasteiger partial charge on any atom is 0.313 e. The molecule has 2 aromatic rings. The second-order valence-electron chi connectivity index (χ2n) is 5.81. The van der Waals surface area contributed by atoms with Gasteiger partial charge in [0.15, 0.2) is 11.5 Å². The summed E-state index contributed by atoms with van der Waals surface area (Å²) in [5.74, 6) is -0.255. The average molecular weight is 340 g/mol. The number of anilines is 1. The van der Waals surface area contributed by atoms with Crippen LogP contribution in [0.2, 0.25) is 0 Å². The highest BCUT2D eigenvalue weighted by Gasteiger charge is 2.19. The van der Waals surface area contributed by atoms with Gasteiger partial charge in [0.25, 0.3) is 0 Å². The van der Waals surface area contributed by atoms with Crippen molar-refractivity contribution in [1.82, 2.24) is 5.32 Å². The number of benzene rings is 2. The Labute approximate surface area is 146 Å². The lowest BCUT2D eigenvalue weighted by atomic mass is 10.1. The number of ether oxygens (including phenoxy) is 2. The quantitative estimate of drug-likeness (QED) is 0.839. The van der Waals surface area contributed by atoms with Crippen molar-refractivity contribution in [2.45, 2.75) is 26.3 Å². The molecule has 0 fully saturated rings. The molecule has 0 saturated carbocycles. The summed E-state index contributed by atoms with van der Waals surface area (Å²) in [7, 11) is 0. The van der Waals surface area contributed by atoms with E-state index in [1.54, 1.807) is 18.2 Å². The van der Waals surface area contributed by atoms with Crippen LogP contribution in [0.25, 0.3) is 0 Å². The summed E-state index contributed by atoms with van der Waals surface area (Å²) in [4.78, 5) is 24.2. The first-order valence-electron chi connectivity index (χ1n) is 8.17. The maximum atomic E-state index is 12.1. The van der Waals surface area contributed by atoms with Crippen LogP contribution in [0.5, 0.6) is 11.5 Å². The number of nitrogens with one attached hydrogen (secondary N) is 2. The van der Waals surface area contributed by atoms with Crippen molar-refractivity contribution in [3.8, 4) is 11.5 Å². The van der Waals surface area contributed by atoms with E-state index in [0.717, 1.165) is 12.0 Å². The molecule has 1 aliphatic rings. The van der Waals surface area contributed by atoms with Crippen LogP contribution >= 0.6 is 0 Å². The number of carbonyl (C=O) groups excluding carboxylic acids is 2. The van der Waals surface area contributed by atoms with Gasteiger partial charge in [0.1, 0.15) is 0 Å². The molecule has 130 valence electrons. The van der Waals surface area contributed by atoms with Crippen molar-refractivity contribution < 1.29 is 19.1 Å². The predicted molar refractivity (Wildman–Crippen MR) is 93.6 cm³/mol. The number of carbonyl (C=O) groups is 2. The second kappa shape index (κ2) is 7.25. The van der Waals surface area contributed by atoms with E-state index in [4.69, 9.17) is 9.47 Å². The largest absolute Gasteiger partial charge is 0.454 e. The third-order valence-corrected chi connectivity index (χ3v) is 4.07. The van der Waals surface area contributed by atoms with Crippen LogP contribution < -0.4 is 20.1 Å². The lowest BCUT2D eigenvalue weighted by Crippen LogP contribution is -2.36. The van der Waals surface area contributed by atoms with E-state index in [0.29, 0.717) is 17.2 Å². The number of aryl methyl sites for hydroxylation is 1. The number of fused-ring (bicyclic) bond motifs is 1. The molecule has 2 aromatic carbocycles. The summed E-state index contributed by atoms with van der Waals surface area (Å²) in [5, 5.41) is 5.26. The Morgan fingerprint density at radius 3 is 2.48 bits per heavy atom. The van der Waals surface area contributed by atoms with E-state index in [1.165, 1.54) is 5.56 Å². The molecule has 1 heterocycles. The van der Waals surface area contributed by atoms with Gasteiger partial charge in [0, 0.05) is 11.8 Å². The van der Waals surface area contributed by atoms with E-state index in [-0.39, 0.29) is 12.8 Å². The lowest BCUT2D eigenvalue weighted by Gasteiger charge is -2.14. The first kappa shape index (κ1) is 16.8. The zero-order chi connectivity index (χ0) is 17.8. The molecule has 0 aliphatic carbocycles. The van der Waals surface area contributed by atoms with E-state index < -0.39 is 11.8 Å². The highest BCUT2D eigenvalue weighted by atomic mass is 16.7. The zero-order valence-corrected chi connectivity index (χ0v) is 14.2. The molecule has 0 aromatic heterocycles. The zero-order valence-electron chi connectivity index (χ0n) is 14.2. The highest BCUT2D eigenvalue weighted by molar-refractivity contribution is 6.39. The number of rotatable bonds is 4. The minimum Gasteiger partial charge on any atom is -0.454 e. The topological polar surface area (TPSA) is 76.7 Å². The summed E-state index contributed by atoms with van der Waals surface area (Å²) >= 11 is 0. The third kappa shape index (κ3) is 3.91. The molecular weight excluding hydrogens is 320 g/mol. The fraction of sp³-hybridized carbons (Fsp3) is 0.263. The van der Waals surface area contributed by atoms with Gasteiger partial charge in [-0.15, -0.1) is 0 Å². The molecule has 0 saturated heterocycles. The van der Waals surface area contributed by atoms with Crippen molar-refractivity contribution in [3.05, 3.63) is 53.6 Å². The molecule has 3 rings (SSSR count). The summed E-state index contributed by atoms with van der Waals surface area (Å²) in [6, 6.07) is 12.7. The first-order valence-corrected chi connectivity index (χ1v) is 8.17. The maximum absolute atomic E-state index is 12.1. The molecule has 1 aliphatic heterocycles. The van der Waals surface area contributed by atoms with Gasteiger partial charge in [-0.25, -0.2) is 0 Å². The Hall–Kier alpha value is -3.02. The molecule has 6 heteroatoms. The minimum atomic E-state index is -0.726. The van der Waals surface area contributed by atoms with Gasteiger partial charge in [0.05, 0.1) is 6.04 Å². The van der Waals surface area contributed by atoms with Crippen LogP contribution in [-0.2, 0) is 16.0 Å². The fourth-order valence-electron chi connectivity index (χ4n) is 2.55. The molecule has 1 unspecified atom stereocenters. The molecule has 0 bridgehead atoms. The SMILES string of the molecule is CCc1ccc(C(C)NC(=O)C(=O)Nc2ccc3c(c2)OCO3)cc1. The Kier molecular flexibility index (Phi) is 4.88. The number of amides is 2. The van der Waals surface area contributed by atoms with Gasteiger partial charge in [0.2, 0.25) is 6.79 Å². The van der Waals surface area contributed by atoms with E-state index >= 15 is 0 Å². The van der Waals surface area contributed by atoms with Crippen LogP contribution in [0.15, 0.2) is 42.5 Å². The van der Waals surface area contributed by atoms with E-state index in [1.807, 2.05) is 31.2 Å². The molecule has 2 amide bonds. The Morgan fingerprint density at radius 1 is 1.04 bits per heavy atom. The molecule has 0 spiro atoms. The van der Waals surface area contributed by atoms with Crippen molar-refractivity contribution in [3.63, 3.8) is 0 Å². The number of hydrogen-bond acceptors (Lipinski definition) is 4. The number of hydrogen-bond donors (Lipinski definition) is 2. The van der Waals surface area contributed by atoms with Gasteiger partial charge < -0.3 is 20.1 Å². The highest BCUT2D eigenvalue weighted by Crippen LogP contribution is 2.34. The molecular formula is C19H20N2O4. The second-order valence-corrected chi connectivity index (χ2v) is 5.81. The molecule has 25 heavy (non-hydrogen) atoms. The standard InChI is InChI=1S/C19H20N2O4/c1-3-13-4-6-14(7-5-13)12(2)20-18(22)19(23)21-15-8-9-16-17(10-15)25-11-24-16/h4-10,12H,3,11H2,1-2H3,(H,20,22)(H,21,23). The average Bonchev–Trinajstić information content (AvgIpc) is 3.09. The van der Waals surface area contributed by atoms with Gasteiger partial charge in [-0.3, -0.25) is 9.59 Å². The lowest BCUT2D eigenvalue weighted by molar-refractivity contribution is -0.136. The summed E-state index contributed by atoms with van der Waals surface area (Å²) < 4.78 is 10.5. The Balaban J connectivity index is 1.59. The van der Waals surface area contributed by atoms with Gasteiger partial charge in [-0.1, -0.05) is 31.2 Å². The van der Waals surface area contributed by atoms with Crippen LogP contribution in [-0.4, -0.2) is 18.6 Å². The van der Waals surface area contributed by atoms with Crippen LogP contribution in [0.4, 0.5) is 5.69 Å². The molecule has 1 atom stereocenters. The van der Waals surface area contributed by atoms with Gasteiger partial charge >= 0.3 is 11.8 Å². The smallest absolute Gasteiger partial charge is 0.313 e. The van der Waals surface area contributed by atoms with E-state index in [9.17, 15) is 9.59 Å². The van der Waals surface area contributed by atoms with Crippen molar-refractivity contribution in [1.29, 1.82) is 0 Å². The van der Waals surface area contributed by atoms with Crippen LogP contribution in [0.3, 0.4) is 0 Å². The summed E-state index contributed by atoms with van der Waals surface area (Å²) in [6.45, 7) is 4.08. The Morgan fingerprint density at radius 2 is 1.76 bits per heavy atom. The van der Waals surface area contributed by atoms with E-state index in [2.05, 4.69) is 17.6 Å². The molecule has 0 radical (unpaired) electrons. The Bertz CT molecular complexity index is 787. The molecule has 6 nitrogen and oxygen atoms in total. The monoisotopic (exact) mass is 340 g/mol. The minimum absolute atomic E-state index is 0.154. The van der Waals surface area contributed by atoms with Gasteiger partial charge in [-0.2, -0.15) is 0 Å². The van der Waals surface area contributed by atoms with Gasteiger partial charge in [-0.05, 0) is 36.6 Å². The van der Waals surface area contributed by atoms with Crippen molar-refractivity contribution >= 4 is 17.5 Å². The molecule has 2 N–H and O–H groups in total. The van der Waals surface area contributed by atoms with Crippen molar-refractivity contribution in [2.75, 3.05) is 12.1 Å². The first-order chi connectivity index (χ1) is 12.1. The van der Waals surface area contributed by atoms with Crippen LogP contribution in [0, 0.1) is 0 Å².